The van der Waals surface area contributed by atoms with Crippen LogP contribution in [0.25, 0.3) is 0 Å². The smallest absolute Gasteiger partial charge is 0.145 e. The summed E-state index contributed by atoms with van der Waals surface area (Å²) < 4.78 is 9.34. The van der Waals surface area contributed by atoms with Crippen LogP contribution in [0.1, 0.15) is 30.6 Å². The third-order valence-corrected chi connectivity index (χ3v) is 3.08. The summed E-state index contributed by atoms with van der Waals surface area (Å²) >= 11 is 5.02. The van der Waals surface area contributed by atoms with E-state index in [0.717, 1.165) is 17.3 Å². The largest absolute Gasteiger partial charge is 0.384 e. The molecule has 1 rings (SSSR count). The Kier molecular flexibility index (Phi) is 4.98. The van der Waals surface area contributed by atoms with Crippen LogP contribution in [0.4, 0.5) is 0 Å². The fraction of sp³-hybridized carbons (Fsp3) is 0.778. The molecule has 1 atom stereocenters. The molecular formula is C9H15BrN2OS. The second kappa shape index (κ2) is 5.78. The maximum atomic E-state index is 5.04. The summed E-state index contributed by atoms with van der Waals surface area (Å²) in [5.74, 6) is 1.36. The molecule has 1 heterocycles. The van der Waals surface area contributed by atoms with Gasteiger partial charge in [0.15, 0.2) is 0 Å². The van der Waals surface area contributed by atoms with E-state index in [1.165, 1.54) is 11.5 Å². The van der Waals surface area contributed by atoms with Crippen LogP contribution >= 0.6 is 27.5 Å². The van der Waals surface area contributed by atoms with Crippen LogP contribution in [0.2, 0.25) is 0 Å². The van der Waals surface area contributed by atoms with Gasteiger partial charge in [0.05, 0.1) is 6.61 Å². The van der Waals surface area contributed by atoms with Crippen molar-refractivity contribution < 1.29 is 4.74 Å². The lowest BCUT2D eigenvalue weighted by Gasteiger charge is -2.04. The van der Waals surface area contributed by atoms with Crippen molar-refractivity contribution in [3.8, 4) is 0 Å². The lowest BCUT2D eigenvalue weighted by atomic mass is 10.2. The zero-order chi connectivity index (χ0) is 10.6. The van der Waals surface area contributed by atoms with Gasteiger partial charge in [-0.1, -0.05) is 29.8 Å². The van der Waals surface area contributed by atoms with E-state index >= 15 is 0 Å². The van der Waals surface area contributed by atoms with Gasteiger partial charge in [0.2, 0.25) is 0 Å². The lowest BCUT2D eigenvalue weighted by molar-refractivity contribution is 0.200. The van der Waals surface area contributed by atoms with E-state index in [-0.39, 0.29) is 0 Å². The molecule has 14 heavy (non-hydrogen) atoms. The zero-order valence-electron chi connectivity index (χ0n) is 8.66. The normalized spacial score (nSPS) is 13.5. The van der Waals surface area contributed by atoms with Crippen molar-refractivity contribution in [3.63, 3.8) is 0 Å². The van der Waals surface area contributed by atoms with Gasteiger partial charge in [0.25, 0.3) is 0 Å². The van der Waals surface area contributed by atoms with Gasteiger partial charge >= 0.3 is 0 Å². The highest BCUT2D eigenvalue weighted by Gasteiger charge is 2.11. The van der Waals surface area contributed by atoms with Gasteiger partial charge in [-0.2, -0.15) is 4.37 Å². The average molecular weight is 279 g/mol. The van der Waals surface area contributed by atoms with Crippen molar-refractivity contribution in [2.75, 3.05) is 13.7 Å². The van der Waals surface area contributed by atoms with Crippen molar-refractivity contribution in [3.05, 3.63) is 10.8 Å². The first-order chi connectivity index (χ1) is 6.63. The topological polar surface area (TPSA) is 35.0 Å². The predicted octanol–water partition coefficient (Wildman–Crippen LogP) is 2.61. The van der Waals surface area contributed by atoms with E-state index in [1.54, 1.807) is 7.11 Å². The molecule has 0 radical (unpaired) electrons. The maximum absolute atomic E-state index is 5.04. The van der Waals surface area contributed by atoms with Crippen molar-refractivity contribution in [1.29, 1.82) is 0 Å². The van der Waals surface area contributed by atoms with E-state index < -0.39 is 0 Å². The Bertz CT molecular complexity index is 278. The van der Waals surface area contributed by atoms with Crippen LogP contribution in [0.3, 0.4) is 0 Å². The molecule has 1 unspecified atom stereocenters. The third kappa shape index (κ3) is 3.63. The second-order valence-electron chi connectivity index (χ2n) is 3.46. The van der Waals surface area contributed by atoms with Crippen molar-refractivity contribution >= 4 is 27.5 Å². The second-order valence-corrected chi connectivity index (χ2v) is 5.59. The Morgan fingerprint density at radius 3 is 2.71 bits per heavy atom. The van der Waals surface area contributed by atoms with Gasteiger partial charge < -0.3 is 4.74 Å². The number of aromatic nitrogens is 2. The fourth-order valence-corrected chi connectivity index (χ4v) is 2.66. The summed E-state index contributed by atoms with van der Waals surface area (Å²) in [6, 6.07) is 0. The highest BCUT2D eigenvalue weighted by molar-refractivity contribution is 9.09. The first-order valence-corrected chi connectivity index (χ1v) is 6.28. The van der Waals surface area contributed by atoms with Gasteiger partial charge in [-0.3, -0.25) is 0 Å². The zero-order valence-corrected chi connectivity index (χ0v) is 11.1. The summed E-state index contributed by atoms with van der Waals surface area (Å²) in [5, 5.41) is 1.08. The van der Waals surface area contributed by atoms with E-state index in [9.17, 15) is 0 Å². The highest BCUT2D eigenvalue weighted by Crippen LogP contribution is 2.16. The molecule has 3 nitrogen and oxygen atoms in total. The van der Waals surface area contributed by atoms with Crippen LogP contribution < -0.4 is 0 Å². The third-order valence-electron chi connectivity index (χ3n) is 1.74. The number of halogens is 1. The number of hydrogen-bond acceptors (Lipinski definition) is 4. The Balaban J connectivity index is 2.51. The first-order valence-electron chi connectivity index (χ1n) is 4.59. The van der Waals surface area contributed by atoms with Gasteiger partial charge in [0, 0.05) is 24.3 Å². The Labute approximate surface area is 97.2 Å². The van der Waals surface area contributed by atoms with Gasteiger partial charge in [-0.15, -0.1) is 0 Å². The predicted molar refractivity (Wildman–Crippen MR) is 62.3 cm³/mol. The molecule has 0 aliphatic heterocycles. The van der Waals surface area contributed by atoms with E-state index in [1.807, 2.05) is 0 Å². The van der Waals surface area contributed by atoms with E-state index in [2.05, 4.69) is 39.1 Å². The van der Waals surface area contributed by atoms with E-state index in [4.69, 9.17) is 4.74 Å². The molecule has 0 saturated heterocycles. The quantitative estimate of drug-likeness (QED) is 0.777. The Morgan fingerprint density at radius 1 is 1.50 bits per heavy atom. The molecule has 0 bridgehead atoms. The Hall–Kier alpha value is -0.0000000000000000278. The number of alkyl halides is 1. The molecule has 0 aliphatic rings. The minimum Gasteiger partial charge on any atom is -0.384 e. The first kappa shape index (κ1) is 12.1. The number of nitrogens with zero attached hydrogens (tertiary/aromatic N) is 2. The van der Waals surface area contributed by atoms with Crippen molar-refractivity contribution in [2.45, 2.75) is 31.0 Å². The number of hydrogen-bond donors (Lipinski definition) is 0. The van der Waals surface area contributed by atoms with Crippen LogP contribution in [-0.4, -0.2) is 27.9 Å². The fourth-order valence-electron chi connectivity index (χ4n) is 1.01. The summed E-state index contributed by atoms with van der Waals surface area (Å²) in [7, 11) is 1.70. The van der Waals surface area contributed by atoms with E-state index in [0.29, 0.717) is 17.4 Å². The van der Waals surface area contributed by atoms with Crippen LogP contribution in [-0.2, 0) is 11.2 Å². The van der Waals surface area contributed by atoms with Crippen LogP contribution in [0.15, 0.2) is 0 Å². The number of ether oxygens (including phenoxy) is 1. The molecule has 0 fully saturated rings. The van der Waals surface area contributed by atoms with Crippen LogP contribution in [0, 0.1) is 0 Å². The summed E-state index contributed by atoms with van der Waals surface area (Å²) in [4.78, 5) is 4.79. The van der Waals surface area contributed by atoms with Gasteiger partial charge in [-0.25, -0.2) is 4.98 Å². The number of methoxy groups -OCH3 is 1. The molecule has 1 aromatic heterocycles. The minimum absolute atomic E-state index is 0.334. The van der Waals surface area contributed by atoms with Crippen molar-refractivity contribution in [2.24, 2.45) is 0 Å². The molecule has 80 valence electrons. The van der Waals surface area contributed by atoms with Crippen LogP contribution in [0.5, 0.6) is 0 Å². The van der Waals surface area contributed by atoms with Gasteiger partial charge in [-0.05, 0) is 11.5 Å². The van der Waals surface area contributed by atoms with Crippen molar-refractivity contribution in [1.82, 2.24) is 9.36 Å². The molecule has 0 saturated carbocycles. The molecule has 0 amide bonds. The molecule has 0 spiro atoms. The number of rotatable bonds is 5. The SMILES string of the molecule is COCC(Br)Cc1nc(C(C)C)ns1. The van der Waals surface area contributed by atoms with Gasteiger partial charge in [0.1, 0.15) is 10.8 Å². The average Bonchev–Trinajstić information content (AvgIpc) is 2.53. The standard InChI is InChI=1S/C9H15BrN2OS/c1-6(2)9-11-8(14-12-9)4-7(10)5-13-3/h6-7H,4-5H2,1-3H3. The molecule has 1 aromatic rings. The lowest BCUT2D eigenvalue weighted by Crippen LogP contribution is -2.09. The molecule has 0 aliphatic carbocycles. The molecular weight excluding hydrogens is 264 g/mol. The maximum Gasteiger partial charge on any atom is 0.145 e. The summed E-state index contributed by atoms with van der Waals surface area (Å²) in [6.45, 7) is 4.91. The Morgan fingerprint density at radius 2 is 2.21 bits per heavy atom. The monoisotopic (exact) mass is 278 g/mol. The summed E-state index contributed by atoms with van der Waals surface area (Å²) in [5.41, 5.74) is 0. The molecule has 5 heteroatoms. The minimum atomic E-state index is 0.334. The molecule has 0 N–H and O–H groups in total. The molecule has 0 aromatic carbocycles. The highest BCUT2D eigenvalue weighted by atomic mass is 79.9. The summed E-state index contributed by atoms with van der Waals surface area (Å²) in [6.07, 6.45) is 0.887.